The van der Waals surface area contributed by atoms with Crippen LogP contribution in [0.4, 0.5) is 10.8 Å². The third kappa shape index (κ3) is 5.86. The van der Waals surface area contributed by atoms with Gasteiger partial charge >= 0.3 is 5.97 Å². The summed E-state index contributed by atoms with van der Waals surface area (Å²) >= 11 is 25.7. The van der Waals surface area contributed by atoms with E-state index in [1.165, 1.54) is 4.88 Å². The van der Waals surface area contributed by atoms with E-state index in [2.05, 4.69) is 15.7 Å². The van der Waals surface area contributed by atoms with Crippen LogP contribution in [0.15, 0.2) is 24.4 Å². The lowest BCUT2D eigenvalue weighted by Crippen LogP contribution is -2.21. The normalized spacial score (nSPS) is 13.2. The third-order valence-corrected chi connectivity index (χ3v) is 7.70. The van der Waals surface area contributed by atoms with Gasteiger partial charge in [-0.15, -0.1) is 11.3 Å². The molecule has 6 nitrogen and oxygen atoms in total. The van der Waals surface area contributed by atoms with Crippen molar-refractivity contribution in [1.82, 2.24) is 9.78 Å². The number of halogens is 3. The molecular formula is C23H23Cl3N4O2S2. The largest absolute Gasteiger partial charge is 0.462 e. The first-order chi connectivity index (χ1) is 16.4. The lowest BCUT2D eigenvalue weighted by Gasteiger charge is -2.11. The Bertz CT molecular complexity index is 1230. The molecule has 0 amide bonds. The maximum absolute atomic E-state index is 12.8. The first-order valence-electron chi connectivity index (χ1n) is 10.9. The van der Waals surface area contributed by atoms with Crippen LogP contribution in [0.3, 0.4) is 0 Å². The minimum atomic E-state index is -0.325. The molecular weight excluding hydrogens is 535 g/mol. The number of nitrogens with one attached hydrogen (secondary N) is 2. The first-order valence-corrected chi connectivity index (χ1v) is 13.3. The second kappa shape index (κ2) is 11.3. The molecule has 1 aromatic carbocycles. The lowest BCUT2D eigenvalue weighted by atomic mass is 10.1. The maximum Gasteiger partial charge on any atom is 0.341 e. The van der Waals surface area contributed by atoms with Crippen molar-refractivity contribution in [2.75, 3.05) is 17.2 Å². The molecule has 3 aromatic rings. The van der Waals surface area contributed by atoms with Crippen LogP contribution >= 0.6 is 58.4 Å². The molecule has 0 saturated heterocycles. The monoisotopic (exact) mass is 556 g/mol. The van der Waals surface area contributed by atoms with Crippen LogP contribution in [0.25, 0.3) is 0 Å². The fourth-order valence-corrected chi connectivity index (χ4v) is 6.09. The number of thiophene rings is 1. The topological polar surface area (TPSA) is 68.2 Å². The molecule has 0 radical (unpaired) electrons. The van der Waals surface area contributed by atoms with Crippen molar-refractivity contribution in [2.45, 2.75) is 45.6 Å². The number of carbonyl (C=O) groups is 1. The zero-order chi connectivity index (χ0) is 24.2. The van der Waals surface area contributed by atoms with Gasteiger partial charge in [-0.25, -0.2) is 4.79 Å². The summed E-state index contributed by atoms with van der Waals surface area (Å²) in [5.74, 6) is 0.0782. The number of benzene rings is 1. The molecule has 34 heavy (non-hydrogen) atoms. The van der Waals surface area contributed by atoms with Gasteiger partial charge in [-0.1, -0.05) is 47.3 Å². The first kappa shape index (κ1) is 25.3. The fraction of sp³-hybridized carbons (Fsp3) is 0.348. The average Bonchev–Trinajstić information content (AvgIpc) is 3.19. The van der Waals surface area contributed by atoms with Gasteiger partial charge in [0.1, 0.15) is 10.0 Å². The summed E-state index contributed by atoms with van der Waals surface area (Å²) in [6.07, 6.45) is 6.85. The van der Waals surface area contributed by atoms with Crippen molar-refractivity contribution >= 4 is 80.3 Å². The van der Waals surface area contributed by atoms with E-state index in [1.807, 2.05) is 6.07 Å². The van der Waals surface area contributed by atoms with E-state index >= 15 is 0 Å². The predicted octanol–water partition coefficient (Wildman–Crippen LogP) is 7.21. The predicted molar refractivity (Wildman–Crippen MR) is 144 cm³/mol. The van der Waals surface area contributed by atoms with Gasteiger partial charge in [0.05, 0.1) is 18.7 Å². The van der Waals surface area contributed by atoms with Crippen LogP contribution < -0.4 is 10.6 Å². The Morgan fingerprint density at radius 2 is 1.97 bits per heavy atom. The summed E-state index contributed by atoms with van der Waals surface area (Å²) in [5, 5.41) is 13.2. The van der Waals surface area contributed by atoms with E-state index in [-0.39, 0.29) is 5.97 Å². The van der Waals surface area contributed by atoms with Crippen molar-refractivity contribution in [1.29, 1.82) is 0 Å². The quantitative estimate of drug-likeness (QED) is 0.190. The number of hydrogen-bond donors (Lipinski definition) is 2. The van der Waals surface area contributed by atoms with Gasteiger partial charge in [0.2, 0.25) is 0 Å². The Morgan fingerprint density at radius 1 is 1.18 bits per heavy atom. The van der Waals surface area contributed by atoms with Crippen molar-refractivity contribution in [3.63, 3.8) is 0 Å². The highest BCUT2D eigenvalue weighted by atomic mass is 35.5. The summed E-state index contributed by atoms with van der Waals surface area (Å²) in [4.78, 5) is 14.0. The van der Waals surface area contributed by atoms with Crippen molar-refractivity contribution in [2.24, 2.45) is 0 Å². The van der Waals surface area contributed by atoms with Gasteiger partial charge in [-0.05, 0) is 68.1 Å². The maximum atomic E-state index is 12.8. The number of aryl methyl sites for hydroxylation is 1. The summed E-state index contributed by atoms with van der Waals surface area (Å²) in [6.45, 7) is 2.54. The van der Waals surface area contributed by atoms with Gasteiger partial charge in [-0.3, -0.25) is 4.68 Å². The molecule has 4 rings (SSSR count). The van der Waals surface area contributed by atoms with Crippen molar-refractivity contribution < 1.29 is 9.53 Å². The molecule has 2 aromatic heterocycles. The molecule has 180 valence electrons. The van der Waals surface area contributed by atoms with E-state index in [9.17, 15) is 4.79 Å². The molecule has 0 atom stereocenters. The molecule has 2 N–H and O–H groups in total. The van der Waals surface area contributed by atoms with E-state index in [0.717, 1.165) is 43.2 Å². The minimum absolute atomic E-state index is 0.290. The highest BCUT2D eigenvalue weighted by Crippen LogP contribution is 2.38. The molecule has 11 heteroatoms. The molecule has 1 aliphatic rings. The van der Waals surface area contributed by atoms with Crippen LogP contribution in [-0.2, 0) is 24.1 Å². The molecule has 1 aliphatic carbocycles. The second-order valence-corrected chi connectivity index (χ2v) is 10.6. The third-order valence-electron chi connectivity index (χ3n) is 5.42. The van der Waals surface area contributed by atoms with Crippen LogP contribution in [0.2, 0.25) is 15.1 Å². The van der Waals surface area contributed by atoms with Crippen molar-refractivity contribution in [3.05, 3.63) is 61.0 Å². The number of ether oxygens (including phenoxy) is 1. The molecule has 0 bridgehead atoms. The number of anilines is 2. The van der Waals surface area contributed by atoms with Crippen LogP contribution in [0.1, 0.15) is 52.5 Å². The van der Waals surface area contributed by atoms with Crippen LogP contribution in [0.5, 0.6) is 0 Å². The molecule has 0 unspecified atom stereocenters. The number of nitrogens with zero attached hydrogens (tertiary/aromatic N) is 2. The summed E-state index contributed by atoms with van der Waals surface area (Å²) in [6, 6.07) is 5.30. The Morgan fingerprint density at radius 3 is 2.74 bits per heavy atom. The van der Waals surface area contributed by atoms with Crippen LogP contribution in [-0.4, -0.2) is 27.5 Å². The van der Waals surface area contributed by atoms with Crippen LogP contribution in [0, 0.1) is 0 Å². The highest BCUT2D eigenvalue weighted by molar-refractivity contribution is 7.80. The summed E-state index contributed by atoms with van der Waals surface area (Å²) < 4.78 is 7.00. The van der Waals surface area contributed by atoms with E-state index in [1.54, 1.807) is 41.3 Å². The fourth-order valence-electron chi connectivity index (χ4n) is 3.88. The molecule has 0 fully saturated rings. The van der Waals surface area contributed by atoms with E-state index in [0.29, 0.717) is 49.7 Å². The smallest absolute Gasteiger partial charge is 0.341 e. The zero-order valence-corrected chi connectivity index (χ0v) is 22.3. The van der Waals surface area contributed by atoms with Gasteiger partial charge in [0, 0.05) is 21.1 Å². The number of rotatable bonds is 6. The standard InChI is InChI=1S/C23H23Cl3N4O2S2/c1-2-32-22(31)19-15-6-4-3-5-7-18(15)34-21(19)28-23(33)27-20-17(26)12-30(29-20)11-13-8-9-14(24)10-16(13)25/h8-10,12H,2-7,11H2,1H3,(H2,27,28,29,33). The summed E-state index contributed by atoms with van der Waals surface area (Å²) in [7, 11) is 0. The Kier molecular flexibility index (Phi) is 8.37. The Hall–Kier alpha value is -1.84. The number of carbonyl (C=O) groups excluding carboxylic acids is 1. The number of hydrogen-bond acceptors (Lipinski definition) is 5. The minimum Gasteiger partial charge on any atom is -0.462 e. The van der Waals surface area contributed by atoms with E-state index < -0.39 is 0 Å². The van der Waals surface area contributed by atoms with Gasteiger partial charge in [0.25, 0.3) is 0 Å². The highest BCUT2D eigenvalue weighted by Gasteiger charge is 2.26. The van der Waals surface area contributed by atoms with Gasteiger partial charge < -0.3 is 15.4 Å². The SMILES string of the molecule is CCOC(=O)c1c(NC(=S)Nc2nn(Cc3ccc(Cl)cc3Cl)cc2Cl)sc2c1CCCCC2. The summed E-state index contributed by atoms with van der Waals surface area (Å²) in [5.41, 5.74) is 2.52. The second-order valence-electron chi connectivity index (χ2n) is 7.83. The van der Waals surface area contributed by atoms with Crippen molar-refractivity contribution in [3.8, 4) is 0 Å². The zero-order valence-electron chi connectivity index (χ0n) is 18.4. The average molecular weight is 558 g/mol. The molecule has 0 aliphatic heterocycles. The Balaban J connectivity index is 1.50. The Labute approximate surface area is 222 Å². The van der Waals surface area contributed by atoms with Gasteiger partial charge in [0.15, 0.2) is 10.9 Å². The lowest BCUT2D eigenvalue weighted by molar-refractivity contribution is 0.0527. The van der Waals surface area contributed by atoms with Gasteiger partial charge in [-0.2, -0.15) is 5.10 Å². The number of aromatic nitrogens is 2. The molecule has 0 saturated carbocycles. The number of fused-ring (bicyclic) bond motifs is 1. The molecule has 0 spiro atoms. The van der Waals surface area contributed by atoms with E-state index in [4.69, 9.17) is 51.8 Å². The number of thiocarbonyl (C=S) groups is 1. The number of esters is 1. The molecule has 2 heterocycles.